The predicted octanol–water partition coefficient (Wildman–Crippen LogP) is 2.84. The first-order valence-electron chi connectivity index (χ1n) is 6.17. The molecule has 0 heterocycles. The Morgan fingerprint density at radius 1 is 0.750 bits per heavy atom. The van der Waals surface area contributed by atoms with E-state index in [9.17, 15) is 9.59 Å². The van der Waals surface area contributed by atoms with Gasteiger partial charge in [-0.2, -0.15) is 0 Å². The molecule has 0 radical (unpaired) electrons. The predicted molar refractivity (Wildman–Crippen MR) is 63.0 cm³/mol. The second kappa shape index (κ2) is 5.24. The van der Waals surface area contributed by atoms with Gasteiger partial charge in [0, 0.05) is 11.8 Å². The van der Waals surface area contributed by atoms with Gasteiger partial charge in [0.2, 0.25) is 11.6 Å². The quantitative estimate of drug-likeness (QED) is 0.539. The van der Waals surface area contributed by atoms with Crippen LogP contribution < -0.4 is 0 Å². The first-order valence-corrected chi connectivity index (χ1v) is 6.17. The van der Waals surface area contributed by atoms with Gasteiger partial charge in [0.1, 0.15) is 0 Å². The molecule has 2 aliphatic carbocycles. The van der Waals surface area contributed by atoms with Crippen LogP contribution >= 0.6 is 0 Å². The Morgan fingerprint density at radius 2 is 1.19 bits per heavy atom. The first kappa shape index (κ1) is 11.3. The van der Waals surface area contributed by atoms with Crippen molar-refractivity contribution in [1.82, 2.24) is 0 Å². The topological polar surface area (TPSA) is 34.1 Å². The molecule has 2 unspecified atom stereocenters. The number of carbonyl (C=O) groups is 2. The van der Waals surface area contributed by atoms with E-state index in [1.54, 1.807) is 0 Å². The normalized spacial score (nSPS) is 29.0. The summed E-state index contributed by atoms with van der Waals surface area (Å²) in [7, 11) is 0. The summed E-state index contributed by atoms with van der Waals surface area (Å²) in [6.07, 6.45) is 13.3. The van der Waals surface area contributed by atoms with Gasteiger partial charge in [-0.25, -0.2) is 0 Å². The number of rotatable bonds is 3. The third kappa shape index (κ3) is 2.49. The Kier molecular flexibility index (Phi) is 3.70. The molecule has 0 saturated heterocycles. The summed E-state index contributed by atoms with van der Waals surface area (Å²) >= 11 is 0. The largest absolute Gasteiger partial charge is 0.291 e. The molecule has 0 aromatic rings. The molecule has 0 aromatic carbocycles. The summed E-state index contributed by atoms with van der Waals surface area (Å²) in [6.45, 7) is 0. The summed E-state index contributed by atoms with van der Waals surface area (Å²) in [4.78, 5) is 24.0. The van der Waals surface area contributed by atoms with E-state index >= 15 is 0 Å². The summed E-state index contributed by atoms with van der Waals surface area (Å²) in [5, 5.41) is 0. The zero-order valence-electron chi connectivity index (χ0n) is 9.52. The molecule has 86 valence electrons. The van der Waals surface area contributed by atoms with Crippen LogP contribution in [0.4, 0.5) is 0 Å². The minimum atomic E-state index is -0.121. The maximum Gasteiger partial charge on any atom is 0.202 e. The van der Waals surface area contributed by atoms with Crippen molar-refractivity contribution in [2.45, 2.75) is 38.5 Å². The summed E-state index contributed by atoms with van der Waals surface area (Å²) in [5.41, 5.74) is 0. The number of carbonyl (C=O) groups excluding carboxylic acids is 2. The van der Waals surface area contributed by atoms with Crippen LogP contribution in [0.5, 0.6) is 0 Å². The highest BCUT2D eigenvalue weighted by molar-refractivity contribution is 6.38. The number of hydrogen-bond donors (Lipinski definition) is 0. The van der Waals surface area contributed by atoms with Gasteiger partial charge in [-0.3, -0.25) is 9.59 Å². The molecule has 0 N–H and O–H groups in total. The molecule has 0 fully saturated rings. The van der Waals surface area contributed by atoms with E-state index in [2.05, 4.69) is 12.2 Å². The van der Waals surface area contributed by atoms with Gasteiger partial charge in [0.15, 0.2) is 0 Å². The lowest BCUT2D eigenvalue weighted by atomic mass is 9.82. The van der Waals surface area contributed by atoms with Gasteiger partial charge in [0.05, 0.1) is 0 Å². The van der Waals surface area contributed by atoms with Crippen LogP contribution in [0, 0.1) is 11.8 Å². The molecule has 0 bridgehead atoms. The first-order chi connectivity index (χ1) is 7.79. The van der Waals surface area contributed by atoms with E-state index in [-0.39, 0.29) is 23.4 Å². The zero-order chi connectivity index (χ0) is 11.4. The average Bonchev–Trinajstić information content (AvgIpc) is 2.39. The third-order valence-electron chi connectivity index (χ3n) is 3.52. The Bertz CT molecular complexity index is 305. The summed E-state index contributed by atoms with van der Waals surface area (Å²) in [5.74, 6) is -0.318. The summed E-state index contributed by atoms with van der Waals surface area (Å²) in [6, 6.07) is 0. The van der Waals surface area contributed by atoms with E-state index in [0.29, 0.717) is 0 Å². The lowest BCUT2D eigenvalue weighted by molar-refractivity contribution is -0.141. The van der Waals surface area contributed by atoms with Crippen molar-refractivity contribution >= 4 is 11.6 Å². The summed E-state index contributed by atoms with van der Waals surface area (Å²) < 4.78 is 0. The number of Topliss-reactive ketones (excluding diaryl/α,β-unsaturated/α-hetero) is 2. The van der Waals surface area contributed by atoms with Gasteiger partial charge in [-0.15, -0.1) is 0 Å². The van der Waals surface area contributed by atoms with Gasteiger partial charge in [0.25, 0.3) is 0 Å². The fourth-order valence-electron chi connectivity index (χ4n) is 2.47. The zero-order valence-corrected chi connectivity index (χ0v) is 9.52. The van der Waals surface area contributed by atoms with Crippen LogP contribution in [-0.4, -0.2) is 11.6 Å². The van der Waals surface area contributed by atoms with Crippen molar-refractivity contribution in [3.63, 3.8) is 0 Å². The van der Waals surface area contributed by atoms with Crippen LogP contribution in [0.25, 0.3) is 0 Å². The lowest BCUT2D eigenvalue weighted by Crippen LogP contribution is -2.30. The number of ketones is 2. The fraction of sp³-hybridized carbons (Fsp3) is 0.571. The maximum absolute atomic E-state index is 12.0. The molecular weight excluding hydrogens is 200 g/mol. The van der Waals surface area contributed by atoms with Gasteiger partial charge in [-0.1, -0.05) is 24.3 Å². The van der Waals surface area contributed by atoms with Crippen LogP contribution in [0.3, 0.4) is 0 Å². The standard InChI is InChI=1S/C14H18O2/c15-13(11-7-3-1-4-8-11)14(16)12-9-5-2-6-10-12/h1-3,5,11-12H,4,6-10H2. The van der Waals surface area contributed by atoms with Gasteiger partial charge >= 0.3 is 0 Å². The fourth-order valence-corrected chi connectivity index (χ4v) is 2.47. The van der Waals surface area contributed by atoms with E-state index in [0.717, 1.165) is 38.5 Å². The van der Waals surface area contributed by atoms with Crippen LogP contribution in [0.15, 0.2) is 24.3 Å². The molecule has 2 nitrogen and oxygen atoms in total. The van der Waals surface area contributed by atoms with Gasteiger partial charge in [-0.05, 0) is 38.5 Å². The lowest BCUT2D eigenvalue weighted by Gasteiger charge is -2.20. The van der Waals surface area contributed by atoms with E-state index in [1.807, 2.05) is 12.2 Å². The van der Waals surface area contributed by atoms with Gasteiger partial charge < -0.3 is 0 Å². The van der Waals surface area contributed by atoms with Crippen molar-refractivity contribution in [3.05, 3.63) is 24.3 Å². The molecule has 0 aliphatic heterocycles. The Labute approximate surface area is 96.4 Å². The highest BCUT2D eigenvalue weighted by atomic mass is 16.2. The second-order valence-electron chi connectivity index (χ2n) is 4.69. The van der Waals surface area contributed by atoms with Crippen LogP contribution in [-0.2, 0) is 9.59 Å². The molecule has 16 heavy (non-hydrogen) atoms. The van der Waals surface area contributed by atoms with Crippen molar-refractivity contribution in [3.8, 4) is 0 Å². The van der Waals surface area contributed by atoms with E-state index in [1.165, 1.54) is 0 Å². The molecular formula is C14H18O2. The molecule has 2 aliphatic rings. The number of hydrogen-bond acceptors (Lipinski definition) is 2. The Hall–Kier alpha value is -1.18. The molecule has 2 atom stereocenters. The molecule has 2 heteroatoms. The highest BCUT2D eigenvalue weighted by Gasteiger charge is 2.30. The van der Waals surface area contributed by atoms with E-state index < -0.39 is 0 Å². The SMILES string of the molecule is O=C(C(=O)C1CC=CCC1)C1CC=CCC1. The molecule has 0 amide bonds. The van der Waals surface area contributed by atoms with Crippen molar-refractivity contribution in [2.24, 2.45) is 11.8 Å². The molecule has 0 spiro atoms. The van der Waals surface area contributed by atoms with Crippen molar-refractivity contribution in [2.75, 3.05) is 0 Å². The maximum atomic E-state index is 12.0. The monoisotopic (exact) mass is 218 g/mol. The van der Waals surface area contributed by atoms with Crippen LogP contribution in [0.2, 0.25) is 0 Å². The molecule has 2 rings (SSSR count). The Balaban J connectivity index is 1.95. The molecule has 0 aromatic heterocycles. The second-order valence-corrected chi connectivity index (χ2v) is 4.69. The highest BCUT2D eigenvalue weighted by Crippen LogP contribution is 2.25. The number of allylic oxidation sites excluding steroid dienone is 4. The van der Waals surface area contributed by atoms with E-state index in [4.69, 9.17) is 0 Å². The minimum Gasteiger partial charge on any atom is -0.291 e. The Morgan fingerprint density at radius 3 is 1.50 bits per heavy atom. The van der Waals surface area contributed by atoms with Crippen molar-refractivity contribution < 1.29 is 9.59 Å². The average molecular weight is 218 g/mol. The third-order valence-corrected chi connectivity index (χ3v) is 3.52. The van der Waals surface area contributed by atoms with Crippen molar-refractivity contribution in [1.29, 1.82) is 0 Å². The minimum absolute atomic E-state index is 0.0385. The molecule has 0 saturated carbocycles. The van der Waals surface area contributed by atoms with Crippen LogP contribution in [0.1, 0.15) is 38.5 Å². The smallest absolute Gasteiger partial charge is 0.202 e.